The first-order valence-corrected chi connectivity index (χ1v) is 15.2. The van der Waals surface area contributed by atoms with Crippen LogP contribution in [-0.4, -0.2) is 96.3 Å². The van der Waals surface area contributed by atoms with E-state index in [0.717, 1.165) is 6.42 Å². The van der Waals surface area contributed by atoms with Crippen molar-refractivity contribution in [1.82, 2.24) is 10.6 Å². The Morgan fingerprint density at radius 3 is 2.32 bits per heavy atom. The molecule has 1 saturated heterocycles. The molecule has 0 spiro atoms. The molecular formula is C27H38N2O14S. The van der Waals surface area contributed by atoms with Crippen molar-refractivity contribution in [3.63, 3.8) is 0 Å². The number of rotatable bonds is 13. The lowest BCUT2D eigenvalue weighted by atomic mass is 9.99. The third kappa shape index (κ3) is 11.0. The third-order valence-electron chi connectivity index (χ3n) is 6.30. The van der Waals surface area contributed by atoms with Crippen LogP contribution < -0.4 is 21.0 Å². The molecule has 0 bridgehead atoms. The second-order valence-corrected chi connectivity index (χ2v) is 12.2. The normalized spacial score (nSPS) is 22.4. The molecule has 6 N–H and O–H groups in total. The highest BCUT2D eigenvalue weighted by Crippen LogP contribution is 2.28. The number of aliphatic hydroxyl groups is 3. The van der Waals surface area contributed by atoms with Crippen LogP contribution in [0.4, 0.5) is 4.79 Å². The van der Waals surface area contributed by atoms with Gasteiger partial charge in [0.15, 0.2) is 0 Å². The second kappa shape index (κ2) is 15.1. The van der Waals surface area contributed by atoms with Crippen LogP contribution in [0, 0.1) is 0 Å². The number of benzene rings is 1. The van der Waals surface area contributed by atoms with Crippen molar-refractivity contribution in [2.75, 3.05) is 19.7 Å². The summed E-state index contributed by atoms with van der Waals surface area (Å²) in [4.78, 5) is 36.4. The van der Waals surface area contributed by atoms with Crippen LogP contribution in [0.25, 0.3) is 11.0 Å². The molecule has 17 heteroatoms. The van der Waals surface area contributed by atoms with Gasteiger partial charge in [0.25, 0.3) is 0 Å². The monoisotopic (exact) mass is 646 g/mol. The minimum Gasteiger partial charge on any atom is -0.462 e. The van der Waals surface area contributed by atoms with Gasteiger partial charge in [-0.25, -0.2) is 13.8 Å². The number of nitrogens with one attached hydrogen (secondary N) is 2. The van der Waals surface area contributed by atoms with Crippen molar-refractivity contribution in [3.05, 3.63) is 40.2 Å². The average molecular weight is 647 g/mol. The summed E-state index contributed by atoms with van der Waals surface area (Å²) in [7, 11) is -4.88. The Hall–Kier alpha value is -3.32. The quantitative estimate of drug-likeness (QED) is 0.0965. The average Bonchev–Trinajstić information content (AvgIpc) is 2.90. The molecular weight excluding hydrogens is 608 g/mol. The number of carbonyl (C=O) groups excluding carboxylic acids is 2. The van der Waals surface area contributed by atoms with Crippen LogP contribution in [-0.2, 0) is 35.3 Å². The van der Waals surface area contributed by atoms with Crippen molar-refractivity contribution >= 4 is 33.4 Å². The van der Waals surface area contributed by atoms with Gasteiger partial charge in [-0.05, 0) is 57.7 Å². The molecule has 0 radical (unpaired) electrons. The zero-order chi connectivity index (χ0) is 32.7. The maximum absolute atomic E-state index is 12.6. The van der Waals surface area contributed by atoms with Gasteiger partial charge in [0.05, 0.1) is 13.0 Å². The zero-order valence-corrected chi connectivity index (χ0v) is 25.2. The number of fused-ring (bicyclic) bond motifs is 1. The van der Waals surface area contributed by atoms with Gasteiger partial charge in [-0.15, -0.1) is 0 Å². The highest BCUT2D eigenvalue weighted by atomic mass is 32.3. The van der Waals surface area contributed by atoms with E-state index in [1.165, 1.54) is 24.3 Å². The van der Waals surface area contributed by atoms with Crippen LogP contribution >= 0.6 is 0 Å². The topological polar surface area (TPSA) is 240 Å². The fourth-order valence-corrected chi connectivity index (χ4v) is 4.57. The highest BCUT2D eigenvalue weighted by molar-refractivity contribution is 7.80. The molecule has 1 fully saturated rings. The van der Waals surface area contributed by atoms with Crippen molar-refractivity contribution in [1.29, 1.82) is 0 Å². The maximum atomic E-state index is 12.6. The smallest absolute Gasteiger partial charge is 0.407 e. The lowest BCUT2D eigenvalue weighted by molar-refractivity contribution is -0.276. The Kier molecular flexibility index (Phi) is 12.1. The van der Waals surface area contributed by atoms with Crippen molar-refractivity contribution < 1.29 is 60.7 Å². The Labute approximate surface area is 253 Å². The molecule has 3 rings (SSSR count). The first kappa shape index (κ1) is 35.2. The SMILES string of the molecule is CC(C)(C)OC(=O)NCCCCCNC(=O)Cc1cc(=O)oc2cc(O[C@@H]3O[C@H](COS(=O)(=O)O)[C@H](O)[C@H](O)[C@H]3O)ccc12. The standard InChI is InChI=1S/C27H38N2O14S/c1-27(2,3)43-26(35)29-10-6-4-5-9-28-20(30)11-15-12-21(31)41-18-13-16(7-8-17(15)18)40-25-24(34)23(33)22(32)19(42-25)14-39-44(36,37)38/h7-8,12-13,19,22-25,32-34H,4-6,9-11,14H2,1-3H3,(H,28,30)(H,29,35)(H,36,37,38)/t19-,22+,23+,24-,25-/m1/s1. The van der Waals surface area contributed by atoms with Crippen molar-refractivity contribution in [2.24, 2.45) is 0 Å². The summed E-state index contributed by atoms with van der Waals surface area (Å²) in [6.07, 6.45) is -6.96. The fourth-order valence-electron chi connectivity index (χ4n) is 4.26. The van der Waals surface area contributed by atoms with E-state index in [-0.39, 0.29) is 23.7 Å². The van der Waals surface area contributed by atoms with Gasteiger partial charge in [-0.1, -0.05) is 0 Å². The number of aliphatic hydroxyl groups excluding tert-OH is 3. The molecule has 246 valence electrons. The van der Waals surface area contributed by atoms with E-state index in [1.54, 1.807) is 20.8 Å². The van der Waals surface area contributed by atoms with E-state index in [4.69, 9.17) is 23.2 Å². The van der Waals surface area contributed by atoms with Crippen molar-refractivity contribution in [3.8, 4) is 5.75 Å². The number of ether oxygens (including phenoxy) is 3. The van der Waals surface area contributed by atoms with E-state index in [2.05, 4.69) is 14.8 Å². The highest BCUT2D eigenvalue weighted by Gasteiger charge is 2.45. The number of alkyl carbamates (subject to hydrolysis) is 1. The number of hydrogen-bond donors (Lipinski definition) is 6. The minimum atomic E-state index is -4.88. The summed E-state index contributed by atoms with van der Waals surface area (Å²) in [6.45, 7) is 5.28. The molecule has 2 aromatic rings. The maximum Gasteiger partial charge on any atom is 0.407 e. The lowest BCUT2D eigenvalue weighted by Gasteiger charge is -2.39. The number of carbonyl (C=O) groups is 2. The zero-order valence-electron chi connectivity index (χ0n) is 24.4. The molecule has 1 aliphatic heterocycles. The van der Waals surface area contributed by atoms with Gasteiger partial charge < -0.3 is 44.6 Å². The van der Waals surface area contributed by atoms with Crippen LogP contribution in [0.3, 0.4) is 0 Å². The van der Waals surface area contributed by atoms with E-state index >= 15 is 0 Å². The van der Waals surface area contributed by atoms with E-state index in [9.17, 15) is 38.1 Å². The Morgan fingerprint density at radius 2 is 1.66 bits per heavy atom. The summed E-state index contributed by atoms with van der Waals surface area (Å²) < 4.78 is 56.0. The second-order valence-electron chi connectivity index (χ2n) is 11.1. The molecule has 2 heterocycles. The predicted molar refractivity (Wildman–Crippen MR) is 152 cm³/mol. The molecule has 44 heavy (non-hydrogen) atoms. The molecule has 1 aliphatic rings. The van der Waals surface area contributed by atoms with Gasteiger partial charge in [-0.3, -0.25) is 9.35 Å². The largest absolute Gasteiger partial charge is 0.462 e. The minimum absolute atomic E-state index is 0.00509. The van der Waals surface area contributed by atoms with Gasteiger partial charge in [-0.2, -0.15) is 8.42 Å². The van der Waals surface area contributed by atoms with Gasteiger partial charge >= 0.3 is 22.1 Å². The molecule has 1 aromatic heterocycles. The first-order chi connectivity index (χ1) is 20.5. The molecule has 0 unspecified atom stereocenters. The van der Waals surface area contributed by atoms with Crippen LogP contribution in [0.1, 0.15) is 45.6 Å². The van der Waals surface area contributed by atoms with Gasteiger partial charge in [0.1, 0.15) is 41.3 Å². The summed E-state index contributed by atoms with van der Waals surface area (Å²) in [6, 6.07) is 5.41. The Balaban J connectivity index is 1.55. The predicted octanol–water partition coefficient (Wildman–Crippen LogP) is 0.153. The molecule has 2 amide bonds. The van der Waals surface area contributed by atoms with E-state index in [1.807, 2.05) is 0 Å². The summed E-state index contributed by atoms with van der Waals surface area (Å²) in [5.74, 6) is -0.320. The lowest BCUT2D eigenvalue weighted by Crippen LogP contribution is -2.60. The van der Waals surface area contributed by atoms with Gasteiger partial charge in [0.2, 0.25) is 12.2 Å². The van der Waals surface area contributed by atoms with Crippen LogP contribution in [0.2, 0.25) is 0 Å². The number of unbranched alkanes of at least 4 members (excludes halogenated alkanes) is 2. The number of amides is 2. The fraction of sp³-hybridized carbons (Fsp3) is 0.593. The van der Waals surface area contributed by atoms with Gasteiger partial charge in [0, 0.05) is 30.6 Å². The van der Waals surface area contributed by atoms with Crippen LogP contribution in [0.5, 0.6) is 5.75 Å². The molecule has 0 aliphatic carbocycles. The molecule has 16 nitrogen and oxygen atoms in total. The Morgan fingerprint density at radius 1 is 0.977 bits per heavy atom. The summed E-state index contributed by atoms with van der Waals surface area (Å²) in [5, 5.41) is 36.4. The molecule has 1 aromatic carbocycles. The first-order valence-electron chi connectivity index (χ1n) is 13.8. The molecule has 0 saturated carbocycles. The number of hydrogen-bond acceptors (Lipinski definition) is 13. The van der Waals surface area contributed by atoms with E-state index < -0.39 is 65.0 Å². The summed E-state index contributed by atoms with van der Waals surface area (Å²) >= 11 is 0. The molecule has 5 atom stereocenters. The Bertz CT molecular complexity index is 1450. The van der Waals surface area contributed by atoms with E-state index in [0.29, 0.717) is 36.9 Å². The summed E-state index contributed by atoms with van der Waals surface area (Å²) in [5.41, 5.74) is -0.870. The van der Waals surface area contributed by atoms with Crippen molar-refractivity contribution in [2.45, 2.75) is 82.8 Å². The third-order valence-corrected chi connectivity index (χ3v) is 6.73. The van der Waals surface area contributed by atoms with Crippen LogP contribution in [0.15, 0.2) is 33.5 Å².